The largest absolute Gasteiger partial charge is 0.377 e. The molecule has 2 saturated carbocycles. The number of aryl methyl sites for hydroxylation is 1. The number of carbonyl (C=O) groups excluding carboxylic acids is 1. The Morgan fingerprint density at radius 2 is 2.30 bits per heavy atom. The van der Waals surface area contributed by atoms with Crippen LogP contribution >= 0.6 is 11.3 Å². The SMILES string of the molecule is CCc1cnc(CNC(=O)N[C@H]2[C@H]3CCO[C@@H]3C23CCCC3)s1. The van der Waals surface area contributed by atoms with Crippen LogP contribution in [-0.2, 0) is 17.7 Å². The van der Waals surface area contributed by atoms with Crippen LogP contribution in [0.15, 0.2) is 6.20 Å². The van der Waals surface area contributed by atoms with Crippen molar-refractivity contribution in [1.82, 2.24) is 15.6 Å². The lowest BCUT2D eigenvalue weighted by molar-refractivity contribution is -0.126. The molecule has 0 aromatic carbocycles. The normalized spacial score (nSPS) is 30.9. The molecule has 0 radical (unpaired) electrons. The molecule has 2 heterocycles. The molecule has 6 heteroatoms. The van der Waals surface area contributed by atoms with Gasteiger partial charge in [-0.05, 0) is 25.7 Å². The summed E-state index contributed by atoms with van der Waals surface area (Å²) in [5, 5.41) is 7.21. The van der Waals surface area contributed by atoms with Crippen molar-refractivity contribution in [2.75, 3.05) is 6.61 Å². The maximum absolute atomic E-state index is 12.3. The van der Waals surface area contributed by atoms with Crippen molar-refractivity contribution >= 4 is 17.4 Å². The van der Waals surface area contributed by atoms with Crippen LogP contribution in [0, 0.1) is 11.3 Å². The average Bonchev–Trinajstić information content (AvgIpc) is 3.29. The van der Waals surface area contributed by atoms with E-state index in [4.69, 9.17) is 4.74 Å². The summed E-state index contributed by atoms with van der Waals surface area (Å²) < 4.78 is 5.97. The Kier molecular flexibility index (Phi) is 4.05. The Hall–Kier alpha value is -1.14. The number of nitrogens with zero attached hydrogens (tertiary/aromatic N) is 1. The Bertz CT molecular complexity index is 582. The van der Waals surface area contributed by atoms with Gasteiger partial charge in [0.05, 0.1) is 12.6 Å². The van der Waals surface area contributed by atoms with E-state index in [1.54, 1.807) is 11.3 Å². The van der Waals surface area contributed by atoms with E-state index in [2.05, 4.69) is 22.5 Å². The summed E-state index contributed by atoms with van der Waals surface area (Å²) >= 11 is 1.67. The van der Waals surface area contributed by atoms with Gasteiger partial charge in [0.25, 0.3) is 0 Å². The molecule has 0 bridgehead atoms. The lowest BCUT2D eigenvalue weighted by Crippen LogP contribution is -2.69. The number of hydrogen-bond acceptors (Lipinski definition) is 4. The zero-order valence-electron chi connectivity index (χ0n) is 13.6. The van der Waals surface area contributed by atoms with E-state index in [1.807, 2.05) is 6.20 Å². The summed E-state index contributed by atoms with van der Waals surface area (Å²) in [7, 11) is 0. The quantitative estimate of drug-likeness (QED) is 0.889. The number of carbonyl (C=O) groups is 1. The van der Waals surface area contributed by atoms with Crippen LogP contribution in [0.5, 0.6) is 0 Å². The lowest BCUT2D eigenvalue weighted by atomic mass is 9.54. The number of hydrogen-bond donors (Lipinski definition) is 2. The molecule has 3 aliphatic rings. The van der Waals surface area contributed by atoms with Gasteiger partial charge in [-0.25, -0.2) is 9.78 Å². The Morgan fingerprint density at radius 1 is 1.48 bits per heavy atom. The number of rotatable bonds is 4. The van der Waals surface area contributed by atoms with Crippen LogP contribution in [-0.4, -0.2) is 29.8 Å². The predicted molar refractivity (Wildman–Crippen MR) is 89.4 cm³/mol. The zero-order valence-corrected chi connectivity index (χ0v) is 14.5. The molecule has 0 unspecified atom stereocenters. The number of nitrogens with one attached hydrogen (secondary N) is 2. The molecule has 2 N–H and O–H groups in total. The second-order valence-electron chi connectivity index (χ2n) is 7.06. The summed E-state index contributed by atoms with van der Waals surface area (Å²) in [6.45, 7) is 3.49. The molecule has 1 saturated heterocycles. The second-order valence-corrected chi connectivity index (χ2v) is 8.26. The first-order chi connectivity index (χ1) is 11.2. The van der Waals surface area contributed by atoms with Gasteiger partial charge in [-0.3, -0.25) is 0 Å². The van der Waals surface area contributed by atoms with Gasteiger partial charge in [-0.2, -0.15) is 0 Å². The highest BCUT2D eigenvalue weighted by Crippen LogP contribution is 2.60. The number of amides is 2. The highest BCUT2D eigenvalue weighted by atomic mass is 32.1. The van der Waals surface area contributed by atoms with Gasteiger partial charge in [0.1, 0.15) is 5.01 Å². The summed E-state index contributed by atoms with van der Waals surface area (Å²) in [6.07, 6.45) is 9.31. The summed E-state index contributed by atoms with van der Waals surface area (Å²) in [5.74, 6) is 0.519. The van der Waals surface area contributed by atoms with Gasteiger partial charge in [0.15, 0.2) is 0 Å². The molecule has 23 heavy (non-hydrogen) atoms. The zero-order chi connectivity index (χ0) is 15.9. The van der Waals surface area contributed by atoms with Crippen LogP contribution in [0.2, 0.25) is 0 Å². The molecule has 1 aromatic heterocycles. The lowest BCUT2D eigenvalue weighted by Gasteiger charge is -2.56. The van der Waals surface area contributed by atoms with Crippen molar-refractivity contribution in [3.05, 3.63) is 16.1 Å². The van der Waals surface area contributed by atoms with Crippen LogP contribution in [0.25, 0.3) is 0 Å². The minimum absolute atomic E-state index is 0.0557. The van der Waals surface area contributed by atoms with E-state index < -0.39 is 0 Å². The standard InChI is InChI=1S/C17H25N3O2S/c1-2-11-9-18-13(23-11)10-19-16(21)20-14-12-5-8-22-15(12)17(14)6-3-4-7-17/h9,12,14-15H,2-8,10H2,1H3,(H2,19,20,21)/t12-,14+,15+/m1/s1. The molecule has 2 amide bonds. The first-order valence-corrected chi connectivity index (χ1v) is 9.64. The van der Waals surface area contributed by atoms with E-state index in [9.17, 15) is 4.79 Å². The third-order valence-corrected chi connectivity index (χ3v) is 7.06. The van der Waals surface area contributed by atoms with E-state index in [0.29, 0.717) is 24.6 Å². The Labute approximate surface area is 141 Å². The first-order valence-electron chi connectivity index (χ1n) is 8.82. The van der Waals surface area contributed by atoms with Gasteiger partial charge < -0.3 is 15.4 Å². The minimum atomic E-state index is -0.0557. The molecule has 1 spiro atoms. The van der Waals surface area contributed by atoms with Gasteiger partial charge >= 0.3 is 6.03 Å². The van der Waals surface area contributed by atoms with Crippen LogP contribution < -0.4 is 10.6 Å². The van der Waals surface area contributed by atoms with Gasteiger partial charge in [-0.1, -0.05) is 19.8 Å². The third kappa shape index (κ3) is 2.56. The fourth-order valence-corrected chi connectivity index (χ4v) is 5.65. The van der Waals surface area contributed by atoms with Gasteiger partial charge in [-0.15, -0.1) is 11.3 Å². The van der Waals surface area contributed by atoms with Gasteiger partial charge in [0.2, 0.25) is 0 Å². The highest BCUT2D eigenvalue weighted by molar-refractivity contribution is 7.11. The molecule has 1 aromatic rings. The van der Waals surface area contributed by atoms with Crippen molar-refractivity contribution in [2.24, 2.45) is 11.3 Å². The predicted octanol–water partition coefficient (Wildman–Crippen LogP) is 2.85. The van der Waals surface area contributed by atoms with Crippen LogP contribution in [0.1, 0.15) is 48.9 Å². The molecule has 3 fully saturated rings. The van der Waals surface area contributed by atoms with E-state index in [-0.39, 0.29) is 11.4 Å². The van der Waals surface area contributed by atoms with Crippen molar-refractivity contribution in [3.63, 3.8) is 0 Å². The van der Waals surface area contributed by atoms with Crippen molar-refractivity contribution in [1.29, 1.82) is 0 Å². The Morgan fingerprint density at radius 3 is 3.04 bits per heavy atom. The number of aromatic nitrogens is 1. The highest BCUT2D eigenvalue weighted by Gasteiger charge is 2.65. The van der Waals surface area contributed by atoms with E-state index in [0.717, 1.165) is 24.5 Å². The fraction of sp³-hybridized carbons (Fsp3) is 0.765. The monoisotopic (exact) mass is 335 g/mol. The van der Waals surface area contributed by atoms with Gasteiger partial charge in [0, 0.05) is 35.1 Å². The van der Waals surface area contributed by atoms with Crippen molar-refractivity contribution in [3.8, 4) is 0 Å². The van der Waals surface area contributed by atoms with Crippen molar-refractivity contribution in [2.45, 2.75) is 64.1 Å². The first kappa shape index (κ1) is 15.4. The summed E-state index contributed by atoms with van der Waals surface area (Å²) in [4.78, 5) is 18.0. The van der Waals surface area contributed by atoms with Crippen LogP contribution in [0.4, 0.5) is 4.79 Å². The van der Waals surface area contributed by atoms with Crippen LogP contribution in [0.3, 0.4) is 0 Å². The van der Waals surface area contributed by atoms with E-state index >= 15 is 0 Å². The maximum Gasteiger partial charge on any atom is 0.315 e. The van der Waals surface area contributed by atoms with E-state index in [1.165, 1.54) is 30.6 Å². The number of thiazole rings is 1. The summed E-state index contributed by atoms with van der Waals surface area (Å²) in [6, 6.07) is 0.236. The number of fused-ring (bicyclic) bond motifs is 2. The molecule has 2 aliphatic carbocycles. The molecule has 1 aliphatic heterocycles. The third-order valence-electron chi connectivity index (χ3n) is 5.92. The smallest absolute Gasteiger partial charge is 0.315 e. The molecular formula is C17H25N3O2S. The number of urea groups is 1. The average molecular weight is 335 g/mol. The molecule has 4 rings (SSSR count). The topological polar surface area (TPSA) is 63.2 Å². The molecule has 3 atom stereocenters. The Balaban J connectivity index is 1.34. The maximum atomic E-state index is 12.3. The number of ether oxygens (including phenoxy) is 1. The second kappa shape index (κ2) is 6.06. The minimum Gasteiger partial charge on any atom is -0.377 e. The molecule has 126 valence electrons. The summed E-state index contributed by atoms with van der Waals surface area (Å²) in [5.41, 5.74) is 0.217. The van der Waals surface area contributed by atoms with Crippen molar-refractivity contribution < 1.29 is 9.53 Å². The fourth-order valence-electron chi connectivity index (χ4n) is 4.85. The molecule has 5 nitrogen and oxygen atoms in total. The molecular weight excluding hydrogens is 310 g/mol.